The molecule has 0 saturated heterocycles. The zero-order valence-electron chi connectivity index (χ0n) is 16.7. The zero-order chi connectivity index (χ0) is 22.0. The van der Waals surface area contributed by atoms with E-state index in [1.807, 2.05) is 12.1 Å². The number of benzene rings is 3. The molecule has 1 N–H and O–H groups in total. The lowest BCUT2D eigenvalue weighted by molar-refractivity contribution is -0.137. The largest absolute Gasteiger partial charge is 0.463 e. The van der Waals surface area contributed by atoms with Crippen LogP contribution in [-0.2, 0) is 24.3 Å². The highest BCUT2D eigenvalue weighted by atomic mass is 32.2. The van der Waals surface area contributed by atoms with E-state index in [4.69, 9.17) is 4.74 Å². The number of amides is 1. The summed E-state index contributed by atoms with van der Waals surface area (Å²) in [6, 6.07) is 17.2. The fraction of sp³-hybridized carbons (Fsp3) is 0.130. The Hall–Kier alpha value is -3.65. The third-order valence-corrected chi connectivity index (χ3v) is 6.66. The summed E-state index contributed by atoms with van der Waals surface area (Å²) >= 11 is 0. The molecule has 3 aromatic carbocycles. The van der Waals surface area contributed by atoms with Gasteiger partial charge in [-0.1, -0.05) is 36.4 Å². The molecule has 1 aliphatic heterocycles. The fourth-order valence-electron chi connectivity index (χ4n) is 3.49. The summed E-state index contributed by atoms with van der Waals surface area (Å²) in [5, 5.41) is 4.16. The highest BCUT2D eigenvalue weighted by molar-refractivity contribution is 7.93. The summed E-state index contributed by atoms with van der Waals surface area (Å²) in [7, 11) is -3.79. The molecular formula is C23H20N2O5S. The van der Waals surface area contributed by atoms with Gasteiger partial charge in [-0.05, 0) is 48.2 Å². The van der Waals surface area contributed by atoms with Crippen LogP contribution in [0.15, 0.2) is 71.6 Å². The van der Waals surface area contributed by atoms with Crippen molar-refractivity contribution in [2.45, 2.75) is 11.8 Å². The van der Waals surface area contributed by atoms with Crippen molar-refractivity contribution in [3.63, 3.8) is 0 Å². The van der Waals surface area contributed by atoms with Crippen LogP contribution in [0.25, 0.3) is 16.8 Å². The van der Waals surface area contributed by atoms with E-state index < -0.39 is 21.9 Å². The minimum absolute atomic E-state index is 0.214. The second kappa shape index (κ2) is 8.23. The molecular weight excluding hydrogens is 416 g/mol. The third kappa shape index (κ3) is 4.02. The average molecular weight is 436 g/mol. The van der Waals surface area contributed by atoms with Crippen LogP contribution in [-0.4, -0.2) is 33.4 Å². The van der Waals surface area contributed by atoms with Crippen molar-refractivity contribution in [2.24, 2.45) is 0 Å². The molecule has 158 valence electrons. The maximum atomic E-state index is 13.0. The Kier molecular flexibility index (Phi) is 5.48. The van der Waals surface area contributed by atoms with Crippen molar-refractivity contribution in [3.05, 3.63) is 72.3 Å². The van der Waals surface area contributed by atoms with E-state index in [2.05, 4.69) is 5.32 Å². The molecule has 0 radical (unpaired) electrons. The van der Waals surface area contributed by atoms with Crippen LogP contribution in [0, 0.1) is 0 Å². The SMILES string of the molecule is CCOC(=O)/C=C/c1ccc(NC(=O)CN2c3cccc4cccc(c34)S2(=O)=O)cc1. The van der Waals surface area contributed by atoms with Crippen LogP contribution >= 0.6 is 0 Å². The smallest absolute Gasteiger partial charge is 0.330 e. The molecule has 1 aliphatic rings. The van der Waals surface area contributed by atoms with Gasteiger partial charge in [0.2, 0.25) is 5.91 Å². The standard InChI is InChI=1S/C23H20N2O5S/c1-2-30-22(27)14-11-16-9-12-18(13-10-16)24-21(26)15-25-19-7-3-5-17-6-4-8-20(23(17)19)31(25,28)29/h3-14H,2,15H2,1H3,(H,24,26)/b14-11+. The molecule has 31 heavy (non-hydrogen) atoms. The highest BCUT2D eigenvalue weighted by Crippen LogP contribution is 2.41. The minimum Gasteiger partial charge on any atom is -0.463 e. The Bertz CT molecular complexity index is 1290. The maximum absolute atomic E-state index is 13.0. The topological polar surface area (TPSA) is 92.8 Å². The molecule has 1 amide bonds. The van der Waals surface area contributed by atoms with E-state index in [1.165, 1.54) is 6.08 Å². The Morgan fingerprint density at radius 2 is 1.74 bits per heavy atom. The highest BCUT2D eigenvalue weighted by Gasteiger charge is 2.36. The zero-order valence-corrected chi connectivity index (χ0v) is 17.6. The molecule has 0 spiro atoms. The number of hydrogen-bond acceptors (Lipinski definition) is 5. The van der Waals surface area contributed by atoms with Crippen molar-refractivity contribution in [1.29, 1.82) is 0 Å². The maximum Gasteiger partial charge on any atom is 0.330 e. The van der Waals surface area contributed by atoms with Gasteiger partial charge in [-0.15, -0.1) is 0 Å². The Morgan fingerprint density at radius 1 is 1.03 bits per heavy atom. The second-order valence-electron chi connectivity index (χ2n) is 6.90. The number of nitrogens with zero attached hydrogens (tertiary/aromatic N) is 1. The van der Waals surface area contributed by atoms with E-state index in [1.54, 1.807) is 61.5 Å². The van der Waals surface area contributed by atoms with Gasteiger partial charge >= 0.3 is 5.97 Å². The molecule has 0 fully saturated rings. The average Bonchev–Trinajstić information content (AvgIpc) is 2.97. The second-order valence-corrected chi connectivity index (χ2v) is 8.73. The van der Waals surface area contributed by atoms with Crippen molar-refractivity contribution in [1.82, 2.24) is 0 Å². The van der Waals surface area contributed by atoms with Crippen molar-refractivity contribution >= 4 is 50.1 Å². The molecule has 0 bridgehead atoms. The predicted molar refractivity (Wildman–Crippen MR) is 119 cm³/mol. The number of sulfonamides is 1. The Balaban J connectivity index is 1.47. The monoisotopic (exact) mass is 436 g/mol. The number of carbonyl (C=O) groups excluding carboxylic acids is 2. The van der Waals surface area contributed by atoms with Crippen LogP contribution in [0.3, 0.4) is 0 Å². The number of anilines is 2. The summed E-state index contributed by atoms with van der Waals surface area (Å²) < 4.78 is 31.9. The molecule has 0 aromatic heterocycles. The van der Waals surface area contributed by atoms with Gasteiger partial charge in [0, 0.05) is 17.1 Å². The van der Waals surface area contributed by atoms with Gasteiger partial charge in [0.1, 0.15) is 6.54 Å². The predicted octanol–water partition coefficient (Wildman–Crippen LogP) is 3.56. The normalized spacial score (nSPS) is 14.2. The molecule has 1 heterocycles. The van der Waals surface area contributed by atoms with Gasteiger partial charge in [0.15, 0.2) is 0 Å². The van der Waals surface area contributed by atoms with E-state index in [9.17, 15) is 18.0 Å². The summed E-state index contributed by atoms with van der Waals surface area (Å²) in [6.07, 6.45) is 2.94. The van der Waals surface area contributed by atoms with Crippen LogP contribution in [0.5, 0.6) is 0 Å². The lowest BCUT2D eigenvalue weighted by Crippen LogP contribution is -2.35. The molecule has 0 atom stereocenters. The van der Waals surface area contributed by atoms with Gasteiger partial charge in [-0.3, -0.25) is 9.10 Å². The molecule has 0 aliphatic carbocycles. The first kappa shape index (κ1) is 20.6. The quantitative estimate of drug-likeness (QED) is 0.471. The molecule has 0 unspecified atom stereocenters. The molecule has 3 aromatic rings. The number of ether oxygens (including phenoxy) is 1. The molecule has 7 nitrogen and oxygen atoms in total. The van der Waals surface area contributed by atoms with Crippen molar-refractivity contribution < 1.29 is 22.7 Å². The van der Waals surface area contributed by atoms with Crippen molar-refractivity contribution in [2.75, 3.05) is 22.8 Å². The lowest BCUT2D eigenvalue weighted by atomic mass is 10.1. The summed E-state index contributed by atoms with van der Waals surface area (Å²) in [5.74, 6) is -0.883. The number of rotatable bonds is 6. The number of nitrogens with one attached hydrogen (secondary N) is 1. The molecule has 0 saturated carbocycles. The van der Waals surface area contributed by atoms with Gasteiger partial charge in [-0.2, -0.15) is 0 Å². The fourth-order valence-corrected chi connectivity index (χ4v) is 5.16. The van der Waals surface area contributed by atoms with Crippen LogP contribution in [0.4, 0.5) is 11.4 Å². The van der Waals surface area contributed by atoms with E-state index in [0.29, 0.717) is 23.4 Å². The Labute approximate surface area is 180 Å². The number of hydrogen-bond donors (Lipinski definition) is 1. The first-order chi connectivity index (χ1) is 14.9. The van der Waals surface area contributed by atoms with Gasteiger partial charge in [-0.25, -0.2) is 13.2 Å². The number of esters is 1. The first-order valence-corrected chi connectivity index (χ1v) is 11.1. The first-order valence-electron chi connectivity index (χ1n) is 9.69. The summed E-state index contributed by atoms with van der Waals surface area (Å²) in [6.45, 7) is 1.71. The van der Waals surface area contributed by atoms with Crippen LogP contribution in [0.2, 0.25) is 0 Å². The van der Waals surface area contributed by atoms with Gasteiger partial charge in [0.05, 0.1) is 17.2 Å². The van der Waals surface area contributed by atoms with E-state index in [-0.39, 0.29) is 11.4 Å². The lowest BCUT2D eigenvalue weighted by Gasteiger charge is -2.18. The summed E-state index contributed by atoms with van der Waals surface area (Å²) in [4.78, 5) is 24.2. The molecule has 8 heteroatoms. The molecule has 4 rings (SSSR count). The Morgan fingerprint density at radius 3 is 2.45 bits per heavy atom. The van der Waals surface area contributed by atoms with Crippen molar-refractivity contribution in [3.8, 4) is 0 Å². The summed E-state index contributed by atoms with van der Waals surface area (Å²) in [5.41, 5.74) is 1.78. The van der Waals surface area contributed by atoms with Crippen LogP contribution in [0.1, 0.15) is 12.5 Å². The third-order valence-electron chi connectivity index (χ3n) is 4.86. The number of carbonyl (C=O) groups is 2. The van der Waals surface area contributed by atoms with Gasteiger partial charge in [0.25, 0.3) is 10.0 Å². The van der Waals surface area contributed by atoms with E-state index in [0.717, 1.165) is 15.3 Å². The minimum atomic E-state index is -3.79. The van der Waals surface area contributed by atoms with Crippen LogP contribution < -0.4 is 9.62 Å². The van der Waals surface area contributed by atoms with Gasteiger partial charge < -0.3 is 10.1 Å². The van der Waals surface area contributed by atoms with E-state index >= 15 is 0 Å².